The summed E-state index contributed by atoms with van der Waals surface area (Å²) in [4.78, 5) is 35.3. The normalized spacial score (nSPS) is 11.6. The molecular formula is C33H35ClN6O4. The van der Waals surface area contributed by atoms with Crippen molar-refractivity contribution in [3.05, 3.63) is 80.7 Å². The van der Waals surface area contributed by atoms with Crippen LogP contribution in [0.1, 0.15) is 38.3 Å². The number of anilines is 1. The molecule has 10 nitrogen and oxygen atoms in total. The molecule has 4 rings (SSSR count). The van der Waals surface area contributed by atoms with E-state index in [-0.39, 0.29) is 11.1 Å². The highest BCUT2D eigenvalue weighted by Gasteiger charge is 2.20. The lowest BCUT2D eigenvalue weighted by molar-refractivity contribution is -0.118. The maximum Gasteiger partial charge on any atom is 0.262 e. The van der Waals surface area contributed by atoms with Gasteiger partial charge in [-0.25, -0.2) is 4.98 Å². The van der Waals surface area contributed by atoms with Gasteiger partial charge in [-0.2, -0.15) is 10.2 Å². The Balaban J connectivity index is 1.63. The number of aryl methyl sites for hydroxylation is 2. The second-order valence-electron chi connectivity index (χ2n) is 11.1. The monoisotopic (exact) mass is 614 g/mol. The third-order valence-electron chi connectivity index (χ3n) is 6.80. The number of fused-ring (bicyclic) bond motifs is 1. The van der Waals surface area contributed by atoms with Gasteiger partial charge in [0, 0.05) is 47.9 Å². The van der Waals surface area contributed by atoms with E-state index in [1.165, 1.54) is 14.2 Å². The highest BCUT2D eigenvalue weighted by atomic mass is 35.5. The topological polar surface area (TPSA) is 131 Å². The van der Waals surface area contributed by atoms with E-state index in [2.05, 4.69) is 20.6 Å². The van der Waals surface area contributed by atoms with Crippen LogP contribution in [0.25, 0.3) is 28.2 Å². The van der Waals surface area contributed by atoms with Crippen molar-refractivity contribution < 1.29 is 14.3 Å². The van der Waals surface area contributed by atoms with Gasteiger partial charge in [-0.3, -0.25) is 14.2 Å². The maximum atomic E-state index is 14.0. The van der Waals surface area contributed by atoms with Gasteiger partial charge < -0.3 is 20.1 Å². The Morgan fingerprint density at radius 1 is 1.11 bits per heavy atom. The molecule has 2 aromatic heterocycles. The largest absolute Gasteiger partial charge is 0.497 e. The Labute approximate surface area is 261 Å². The Kier molecular flexibility index (Phi) is 9.91. The summed E-state index contributed by atoms with van der Waals surface area (Å²) in [6, 6.07) is 14.7. The number of ether oxygens (including phenoxy) is 2. The SMILES string of the molecule is CNc1ncc2cc(-c3cc(OC)cc(OC)c3Cl)c(=O)n(CCCc3ccc(/C=C(\C#N)C(=O)NC(C)(C)C)cc3)c2n1. The first kappa shape index (κ1) is 32.0. The molecule has 228 valence electrons. The molecule has 0 saturated carbocycles. The van der Waals surface area contributed by atoms with Crippen molar-refractivity contribution in [2.45, 2.75) is 45.7 Å². The first-order valence-electron chi connectivity index (χ1n) is 14.0. The molecule has 0 radical (unpaired) electrons. The van der Waals surface area contributed by atoms with Crippen LogP contribution in [-0.4, -0.2) is 47.2 Å². The first-order valence-corrected chi connectivity index (χ1v) is 14.4. The number of methoxy groups -OCH3 is 2. The second kappa shape index (κ2) is 13.6. The summed E-state index contributed by atoms with van der Waals surface area (Å²) in [6.07, 6.45) is 4.55. The molecule has 0 fully saturated rings. The Hall–Kier alpha value is -4.88. The average molecular weight is 615 g/mol. The Morgan fingerprint density at radius 3 is 2.45 bits per heavy atom. The number of rotatable bonds is 10. The van der Waals surface area contributed by atoms with Crippen molar-refractivity contribution in [1.29, 1.82) is 5.26 Å². The zero-order valence-corrected chi connectivity index (χ0v) is 26.4. The fourth-order valence-electron chi connectivity index (χ4n) is 4.66. The zero-order chi connectivity index (χ0) is 32.0. The smallest absolute Gasteiger partial charge is 0.262 e. The maximum absolute atomic E-state index is 14.0. The number of nitrogens with zero attached hydrogens (tertiary/aromatic N) is 4. The van der Waals surface area contributed by atoms with Gasteiger partial charge in [0.2, 0.25) is 5.95 Å². The van der Waals surface area contributed by atoms with Crippen LogP contribution in [0, 0.1) is 11.3 Å². The van der Waals surface area contributed by atoms with Crippen molar-refractivity contribution in [1.82, 2.24) is 19.9 Å². The number of aromatic nitrogens is 3. The van der Waals surface area contributed by atoms with Gasteiger partial charge in [0.05, 0.1) is 19.2 Å². The van der Waals surface area contributed by atoms with Crippen LogP contribution in [0.4, 0.5) is 5.95 Å². The lowest BCUT2D eigenvalue weighted by Gasteiger charge is -2.20. The zero-order valence-electron chi connectivity index (χ0n) is 25.6. The van der Waals surface area contributed by atoms with Gasteiger partial charge in [-0.15, -0.1) is 0 Å². The van der Waals surface area contributed by atoms with Crippen LogP contribution in [0.15, 0.2) is 59.0 Å². The number of carbonyl (C=O) groups is 1. The van der Waals surface area contributed by atoms with Gasteiger partial charge in [0.1, 0.15) is 28.8 Å². The Morgan fingerprint density at radius 2 is 1.84 bits per heavy atom. The molecule has 4 aromatic rings. The van der Waals surface area contributed by atoms with Gasteiger partial charge in [0.25, 0.3) is 11.5 Å². The number of pyridine rings is 1. The van der Waals surface area contributed by atoms with E-state index in [1.807, 2.05) is 51.1 Å². The summed E-state index contributed by atoms with van der Waals surface area (Å²) in [7, 11) is 4.76. The summed E-state index contributed by atoms with van der Waals surface area (Å²) in [5, 5.41) is 16.2. The molecule has 1 amide bonds. The minimum absolute atomic E-state index is 0.0375. The van der Waals surface area contributed by atoms with Crippen molar-refractivity contribution in [3.63, 3.8) is 0 Å². The molecule has 0 spiro atoms. The molecule has 2 aromatic carbocycles. The van der Waals surface area contributed by atoms with Gasteiger partial charge >= 0.3 is 0 Å². The van der Waals surface area contributed by atoms with Crippen LogP contribution < -0.4 is 25.7 Å². The van der Waals surface area contributed by atoms with E-state index in [0.717, 1.165) is 11.1 Å². The predicted molar refractivity (Wildman–Crippen MR) is 173 cm³/mol. The van der Waals surface area contributed by atoms with E-state index in [9.17, 15) is 14.9 Å². The number of carbonyl (C=O) groups excluding carboxylic acids is 1. The summed E-state index contributed by atoms with van der Waals surface area (Å²) >= 11 is 6.66. The number of amides is 1. The van der Waals surface area contributed by atoms with Crippen LogP contribution in [0.5, 0.6) is 11.5 Å². The molecule has 2 N–H and O–H groups in total. The number of hydrogen-bond acceptors (Lipinski definition) is 8. The minimum Gasteiger partial charge on any atom is -0.497 e. The number of hydrogen-bond donors (Lipinski definition) is 2. The van der Waals surface area contributed by atoms with E-state index < -0.39 is 11.4 Å². The molecule has 0 aliphatic heterocycles. The molecule has 0 unspecified atom stereocenters. The highest BCUT2D eigenvalue weighted by Crippen LogP contribution is 2.38. The third-order valence-corrected chi connectivity index (χ3v) is 7.19. The fourth-order valence-corrected chi connectivity index (χ4v) is 4.95. The molecule has 0 bridgehead atoms. The molecular weight excluding hydrogens is 580 g/mol. The first-order chi connectivity index (χ1) is 21.0. The van der Waals surface area contributed by atoms with Gasteiger partial charge in [-0.1, -0.05) is 35.9 Å². The molecule has 0 aliphatic carbocycles. The van der Waals surface area contributed by atoms with Gasteiger partial charge in [-0.05, 0) is 62.9 Å². The number of nitrogens with one attached hydrogen (secondary N) is 2. The fraction of sp³-hybridized carbons (Fsp3) is 0.303. The molecule has 0 atom stereocenters. The summed E-state index contributed by atoms with van der Waals surface area (Å²) in [5.41, 5.74) is 2.48. The Bertz CT molecular complexity index is 1820. The van der Waals surface area contributed by atoms with Gasteiger partial charge in [0.15, 0.2) is 0 Å². The molecule has 11 heteroatoms. The van der Waals surface area contributed by atoms with Crippen molar-refractivity contribution in [2.75, 3.05) is 26.6 Å². The third kappa shape index (κ3) is 7.36. The summed E-state index contributed by atoms with van der Waals surface area (Å²) in [6.45, 7) is 5.97. The van der Waals surface area contributed by atoms with Crippen LogP contribution in [-0.2, 0) is 17.8 Å². The van der Waals surface area contributed by atoms with Crippen LogP contribution in [0.2, 0.25) is 5.02 Å². The predicted octanol–water partition coefficient (Wildman–Crippen LogP) is 5.63. The van der Waals surface area contributed by atoms with E-state index >= 15 is 0 Å². The summed E-state index contributed by atoms with van der Waals surface area (Å²) < 4.78 is 12.5. The minimum atomic E-state index is -0.447. The molecule has 0 saturated heterocycles. The van der Waals surface area contributed by atoms with Crippen molar-refractivity contribution in [2.24, 2.45) is 0 Å². The lowest BCUT2D eigenvalue weighted by atomic mass is 10.0. The quantitative estimate of drug-likeness (QED) is 0.174. The van der Waals surface area contributed by atoms with E-state index in [0.29, 0.717) is 64.0 Å². The molecule has 2 heterocycles. The molecule has 44 heavy (non-hydrogen) atoms. The van der Waals surface area contributed by atoms with Crippen molar-refractivity contribution in [3.8, 4) is 28.7 Å². The molecule has 0 aliphatic rings. The number of nitriles is 1. The lowest BCUT2D eigenvalue weighted by Crippen LogP contribution is -2.41. The van der Waals surface area contributed by atoms with Crippen molar-refractivity contribution >= 4 is 40.6 Å². The number of halogens is 1. The standard InChI is InChI=1S/C33H35ClN6O4/c1-33(2,3)39-30(41)22(18-35)14-21-11-9-20(10-12-21)8-7-13-40-29-23(19-37-32(36-4)38-29)15-26(31(40)42)25-16-24(43-5)17-27(44-6)28(25)34/h9-12,14-17,19H,7-8,13H2,1-6H3,(H,39,41)(H,36,37,38)/b22-14+. The van der Waals surface area contributed by atoms with E-state index in [4.69, 9.17) is 21.1 Å². The highest BCUT2D eigenvalue weighted by molar-refractivity contribution is 6.35. The average Bonchev–Trinajstić information content (AvgIpc) is 3.00. The van der Waals surface area contributed by atoms with E-state index in [1.54, 1.807) is 42.1 Å². The van der Waals surface area contributed by atoms with Crippen LogP contribution >= 0.6 is 11.6 Å². The number of benzene rings is 2. The van der Waals surface area contributed by atoms with Crippen LogP contribution in [0.3, 0.4) is 0 Å². The second-order valence-corrected chi connectivity index (χ2v) is 11.5. The summed E-state index contributed by atoms with van der Waals surface area (Å²) in [5.74, 6) is 0.881.